The Hall–Kier alpha value is -3.64. The van der Waals surface area contributed by atoms with Crippen molar-refractivity contribution in [2.45, 2.75) is 17.7 Å². The van der Waals surface area contributed by atoms with Crippen LogP contribution in [0.15, 0.2) is 71.8 Å². The highest BCUT2D eigenvalue weighted by molar-refractivity contribution is 7.98. The van der Waals surface area contributed by atoms with E-state index in [0.717, 1.165) is 41.7 Å². The van der Waals surface area contributed by atoms with Crippen molar-refractivity contribution in [1.29, 1.82) is 0 Å². The smallest absolute Gasteiger partial charge is 0.248 e. The summed E-state index contributed by atoms with van der Waals surface area (Å²) < 4.78 is 14.9. The molecule has 4 rings (SSSR count). The predicted octanol–water partition coefficient (Wildman–Crippen LogP) is 5.56. The van der Waals surface area contributed by atoms with Crippen molar-refractivity contribution in [2.24, 2.45) is 0 Å². The van der Waals surface area contributed by atoms with Crippen LogP contribution >= 0.6 is 11.8 Å². The third-order valence-corrected chi connectivity index (χ3v) is 6.60. The number of ether oxygens (including phenoxy) is 3. The normalized spacial score (nSPS) is 13.0. The van der Waals surface area contributed by atoms with Crippen molar-refractivity contribution < 1.29 is 19.0 Å². The van der Waals surface area contributed by atoms with Gasteiger partial charge in [-0.3, -0.25) is 9.69 Å². The van der Waals surface area contributed by atoms with Crippen LogP contribution in [0.4, 0.5) is 28.8 Å². The lowest BCUT2D eigenvalue weighted by Gasteiger charge is -2.13. The van der Waals surface area contributed by atoms with Gasteiger partial charge in [-0.05, 0) is 74.7 Å². The SMILES string of the molecule is COC.COCCOc1ccc(Nc2ncc(SC)c(Nc3cccc(NC(=O)/C=C/CN4CCCC4)c3)n2)cc1. The van der Waals surface area contributed by atoms with Crippen LogP contribution in [0, 0.1) is 0 Å². The molecule has 2 aromatic carbocycles. The van der Waals surface area contributed by atoms with Crippen LogP contribution in [-0.2, 0) is 14.3 Å². The highest BCUT2D eigenvalue weighted by Crippen LogP contribution is 2.29. The van der Waals surface area contributed by atoms with Crippen LogP contribution in [0.3, 0.4) is 0 Å². The molecule has 11 heteroatoms. The molecule has 1 amide bonds. The molecule has 0 saturated carbocycles. The second-order valence-corrected chi connectivity index (χ2v) is 9.96. The number of benzene rings is 2. The molecule has 0 aliphatic carbocycles. The number of likely N-dealkylation sites (tertiary alicyclic amines) is 1. The number of amides is 1. The van der Waals surface area contributed by atoms with Crippen LogP contribution in [0.5, 0.6) is 5.75 Å². The van der Waals surface area contributed by atoms with E-state index in [1.165, 1.54) is 12.8 Å². The molecular formula is C30H40N6O4S. The lowest BCUT2D eigenvalue weighted by Crippen LogP contribution is -2.19. The molecule has 220 valence electrons. The van der Waals surface area contributed by atoms with Gasteiger partial charge in [-0.15, -0.1) is 11.8 Å². The highest BCUT2D eigenvalue weighted by atomic mass is 32.2. The molecule has 1 aliphatic heterocycles. The van der Waals surface area contributed by atoms with Gasteiger partial charge in [0, 0.05) is 57.2 Å². The number of thioether (sulfide) groups is 1. The minimum atomic E-state index is -0.144. The zero-order valence-corrected chi connectivity index (χ0v) is 25.0. The van der Waals surface area contributed by atoms with E-state index in [1.807, 2.05) is 60.9 Å². The average Bonchev–Trinajstić information content (AvgIpc) is 3.49. The van der Waals surface area contributed by atoms with Gasteiger partial charge in [0.2, 0.25) is 11.9 Å². The van der Waals surface area contributed by atoms with E-state index in [1.54, 1.807) is 45.4 Å². The monoisotopic (exact) mass is 580 g/mol. The standard InChI is InChI=1S/C28H34N6O3S.C2H6O/c1-36-17-18-37-24-12-10-21(11-13-24)32-28-29-20-25(38-2)27(33-28)31-23-8-5-7-22(19-23)30-26(35)9-6-16-34-14-3-4-15-34;1-3-2/h5-13,19-20H,3-4,14-18H2,1-2H3,(H,30,35)(H2,29,31,32,33);1-2H3/b9-6+;. The Morgan fingerprint density at radius 1 is 1.00 bits per heavy atom. The van der Waals surface area contributed by atoms with E-state index in [2.05, 4.69) is 35.6 Å². The Morgan fingerprint density at radius 3 is 2.44 bits per heavy atom. The topological polar surface area (TPSA) is 110 Å². The van der Waals surface area contributed by atoms with Crippen molar-refractivity contribution >= 4 is 46.5 Å². The maximum Gasteiger partial charge on any atom is 0.248 e. The summed E-state index contributed by atoms with van der Waals surface area (Å²) in [6.45, 7) is 4.06. The Balaban J connectivity index is 0.00000147. The number of nitrogens with one attached hydrogen (secondary N) is 3. The van der Waals surface area contributed by atoms with Crippen LogP contribution in [-0.4, -0.2) is 81.2 Å². The number of carbonyl (C=O) groups is 1. The average molecular weight is 581 g/mol. The lowest BCUT2D eigenvalue weighted by atomic mass is 10.2. The number of rotatable bonds is 13. The molecule has 2 heterocycles. The summed E-state index contributed by atoms with van der Waals surface area (Å²) in [6, 6.07) is 15.2. The highest BCUT2D eigenvalue weighted by Gasteiger charge is 2.10. The van der Waals surface area contributed by atoms with Gasteiger partial charge in [0.15, 0.2) is 0 Å². The van der Waals surface area contributed by atoms with E-state index >= 15 is 0 Å². The second-order valence-electron chi connectivity index (χ2n) is 9.11. The Labute approximate surface area is 246 Å². The Bertz CT molecular complexity index is 1240. The first-order valence-corrected chi connectivity index (χ1v) is 14.6. The van der Waals surface area contributed by atoms with Gasteiger partial charge in [-0.25, -0.2) is 4.98 Å². The molecule has 0 spiro atoms. The summed E-state index contributed by atoms with van der Waals surface area (Å²) in [6.07, 6.45) is 9.75. The summed E-state index contributed by atoms with van der Waals surface area (Å²) >= 11 is 1.55. The van der Waals surface area contributed by atoms with E-state index in [-0.39, 0.29) is 5.91 Å². The van der Waals surface area contributed by atoms with Gasteiger partial charge in [0.05, 0.1) is 11.5 Å². The Kier molecular flexibility index (Phi) is 13.9. The van der Waals surface area contributed by atoms with Gasteiger partial charge in [0.1, 0.15) is 18.2 Å². The maximum absolute atomic E-state index is 12.4. The third-order valence-electron chi connectivity index (χ3n) is 5.87. The zero-order chi connectivity index (χ0) is 29.3. The van der Waals surface area contributed by atoms with Crippen molar-refractivity contribution in [1.82, 2.24) is 14.9 Å². The van der Waals surface area contributed by atoms with Gasteiger partial charge in [-0.2, -0.15) is 4.98 Å². The van der Waals surface area contributed by atoms with Crippen molar-refractivity contribution in [2.75, 3.05) is 76.4 Å². The molecular weight excluding hydrogens is 540 g/mol. The molecule has 3 N–H and O–H groups in total. The minimum absolute atomic E-state index is 0.144. The minimum Gasteiger partial charge on any atom is -0.491 e. The second kappa shape index (κ2) is 17.9. The third kappa shape index (κ3) is 11.4. The van der Waals surface area contributed by atoms with Crippen molar-refractivity contribution in [3.8, 4) is 5.75 Å². The number of hydrogen-bond acceptors (Lipinski definition) is 10. The summed E-state index contributed by atoms with van der Waals surface area (Å²) in [7, 11) is 4.89. The lowest BCUT2D eigenvalue weighted by molar-refractivity contribution is -0.111. The molecule has 41 heavy (non-hydrogen) atoms. The van der Waals surface area contributed by atoms with Crippen LogP contribution < -0.4 is 20.7 Å². The van der Waals surface area contributed by atoms with Gasteiger partial charge < -0.3 is 30.2 Å². The molecule has 3 aromatic rings. The van der Waals surface area contributed by atoms with Crippen LogP contribution in [0.25, 0.3) is 0 Å². The first kappa shape index (κ1) is 31.9. The molecule has 1 aromatic heterocycles. The fourth-order valence-corrected chi connectivity index (χ4v) is 4.39. The summed E-state index contributed by atoms with van der Waals surface area (Å²) in [5.74, 6) is 1.76. The number of anilines is 5. The Morgan fingerprint density at radius 2 is 1.73 bits per heavy atom. The predicted molar refractivity (Wildman–Crippen MR) is 167 cm³/mol. The number of methoxy groups -OCH3 is 2. The number of nitrogens with zero attached hydrogens (tertiary/aromatic N) is 3. The van der Waals surface area contributed by atoms with Crippen LogP contribution in [0.1, 0.15) is 12.8 Å². The summed E-state index contributed by atoms with van der Waals surface area (Å²) in [5.41, 5.74) is 2.35. The van der Waals surface area contributed by atoms with Crippen molar-refractivity contribution in [3.05, 3.63) is 66.9 Å². The summed E-state index contributed by atoms with van der Waals surface area (Å²) in [4.78, 5) is 24.7. The maximum atomic E-state index is 12.4. The van der Waals surface area contributed by atoms with Crippen LogP contribution in [0.2, 0.25) is 0 Å². The molecule has 0 unspecified atom stereocenters. The number of aromatic nitrogens is 2. The van der Waals surface area contributed by atoms with E-state index < -0.39 is 0 Å². The largest absolute Gasteiger partial charge is 0.491 e. The first-order valence-electron chi connectivity index (χ1n) is 13.4. The molecule has 1 aliphatic rings. The number of carbonyl (C=O) groups excluding carboxylic acids is 1. The quantitative estimate of drug-likeness (QED) is 0.135. The van der Waals surface area contributed by atoms with E-state index in [9.17, 15) is 4.79 Å². The fraction of sp³-hybridized carbons (Fsp3) is 0.367. The van der Waals surface area contributed by atoms with E-state index in [4.69, 9.17) is 9.47 Å². The number of hydrogen-bond donors (Lipinski definition) is 3. The zero-order valence-electron chi connectivity index (χ0n) is 24.2. The molecule has 0 atom stereocenters. The molecule has 0 radical (unpaired) electrons. The molecule has 0 bridgehead atoms. The van der Waals surface area contributed by atoms with E-state index in [0.29, 0.717) is 30.7 Å². The fourth-order valence-electron chi connectivity index (χ4n) is 3.95. The molecule has 1 saturated heterocycles. The van der Waals surface area contributed by atoms with Gasteiger partial charge in [-0.1, -0.05) is 12.1 Å². The molecule has 10 nitrogen and oxygen atoms in total. The summed E-state index contributed by atoms with van der Waals surface area (Å²) in [5, 5.41) is 9.53. The van der Waals surface area contributed by atoms with Gasteiger partial charge in [0.25, 0.3) is 0 Å². The van der Waals surface area contributed by atoms with Crippen molar-refractivity contribution in [3.63, 3.8) is 0 Å². The van der Waals surface area contributed by atoms with Gasteiger partial charge >= 0.3 is 0 Å². The molecule has 1 fully saturated rings. The first-order chi connectivity index (χ1) is 20.0.